The van der Waals surface area contributed by atoms with Crippen LogP contribution in [0.3, 0.4) is 0 Å². The van der Waals surface area contributed by atoms with E-state index >= 15 is 0 Å². The van der Waals surface area contributed by atoms with Crippen molar-refractivity contribution in [3.8, 4) is 0 Å². The Hall–Kier alpha value is -0.820. The fourth-order valence-electron chi connectivity index (χ4n) is 1.29. The van der Waals surface area contributed by atoms with Gasteiger partial charge in [0.05, 0.1) is 19.8 Å². The summed E-state index contributed by atoms with van der Waals surface area (Å²) in [6.45, 7) is -1.25. The Balaban J connectivity index is 2.59. The summed E-state index contributed by atoms with van der Waals surface area (Å²) in [5.74, 6) is -1.28. The van der Waals surface area contributed by atoms with Crippen LogP contribution in [-0.2, 0) is 9.53 Å². The molecule has 1 aliphatic rings. The summed E-state index contributed by atoms with van der Waals surface area (Å²) in [5, 5.41) is 8.62. The molecule has 1 aliphatic heterocycles. The minimum atomic E-state index is -4.37. The van der Waals surface area contributed by atoms with Gasteiger partial charge in [-0.15, -0.1) is 0 Å². The molecule has 0 aromatic rings. The molecule has 1 rings (SSSR count). The van der Waals surface area contributed by atoms with Gasteiger partial charge in [-0.3, -0.25) is 9.69 Å². The minimum absolute atomic E-state index is 0.00350. The molecule has 1 heterocycles. The Labute approximate surface area is 78.2 Å². The molecule has 0 bridgehead atoms. The molecule has 1 N–H and O–H groups in total. The van der Waals surface area contributed by atoms with E-state index < -0.39 is 24.7 Å². The molecule has 0 spiro atoms. The lowest BCUT2D eigenvalue weighted by molar-refractivity contribution is -0.173. The highest BCUT2D eigenvalue weighted by molar-refractivity contribution is 5.73. The highest BCUT2D eigenvalue weighted by atomic mass is 19.4. The standard InChI is InChI=1S/C7H10F3NO3/c8-7(9,10)4-11-1-2-14-3-5(11)6(12)13/h5H,1-4H2,(H,12,13)/t5-/m1/s1. The van der Waals surface area contributed by atoms with Crippen LogP contribution >= 0.6 is 0 Å². The van der Waals surface area contributed by atoms with Crippen LogP contribution in [0.4, 0.5) is 13.2 Å². The molecular formula is C7H10F3NO3. The Morgan fingerprint density at radius 3 is 2.71 bits per heavy atom. The number of ether oxygens (including phenoxy) is 1. The number of carboxylic acid groups (broad SMARTS) is 1. The van der Waals surface area contributed by atoms with E-state index in [1.54, 1.807) is 0 Å². The first-order valence-electron chi connectivity index (χ1n) is 4.01. The molecule has 0 saturated carbocycles. The van der Waals surface area contributed by atoms with Crippen molar-refractivity contribution in [1.29, 1.82) is 0 Å². The Kier molecular flexibility index (Phi) is 3.33. The lowest BCUT2D eigenvalue weighted by atomic mass is 10.2. The molecule has 4 nitrogen and oxygen atoms in total. The predicted molar refractivity (Wildman–Crippen MR) is 39.9 cm³/mol. The second-order valence-corrected chi connectivity index (χ2v) is 3.01. The van der Waals surface area contributed by atoms with E-state index in [-0.39, 0.29) is 19.8 Å². The van der Waals surface area contributed by atoms with Gasteiger partial charge in [0.15, 0.2) is 0 Å². The number of nitrogens with zero attached hydrogens (tertiary/aromatic N) is 1. The molecule has 14 heavy (non-hydrogen) atoms. The number of carbonyl (C=O) groups is 1. The number of aliphatic carboxylic acids is 1. The molecule has 0 aromatic carbocycles. The summed E-state index contributed by atoms with van der Waals surface area (Å²) < 4.78 is 40.8. The van der Waals surface area contributed by atoms with Crippen LogP contribution in [0.1, 0.15) is 0 Å². The first kappa shape index (κ1) is 11.3. The Morgan fingerprint density at radius 1 is 1.57 bits per heavy atom. The van der Waals surface area contributed by atoms with Crippen molar-refractivity contribution in [1.82, 2.24) is 4.90 Å². The zero-order chi connectivity index (χ0) is 10.8. The predicted octanol–water partition coefficient (Wildman–Crippen LogP) is 0.334. The molecular weight excluding hydrogens is 203 g/mol. The lowest BCUT2D eigenvalue weighted by Gasteiger charge is -2.32. The molecule has 82 valence electrons. The van der Waals surface area contributed by atoms with Gasteiger partial charge in [0.1, 0.15) is 6.04 Å². The number of morpholine rings is 1. The van der Waals surface area contributed by atoms with Gasteiger partial charge in [-0.25, -0.2) is 0 Å². The first-order valence-corrected chi connectivity index (χ1v) is 4.01. The lowest BCUT2D eigenvalue weighted by Crippen LogP contribution is -2.52. The van der Waals surface area contributed by atoms with Gasteiger partial charge in [0.25, 0.3) is 0 Å². The van der Waals surface area contributed by atoms with Crippen molar-refractivity contribution >= 4 is 5.97 Å². The smallest absolute Gasteiger partial charge is 0.401 e. The monoisotopic (exact) mass is 213 g/mol. The molecule has 0 amide bonds. The molecule has 1 saturated heterocycles. The maximum Gasteiger partial charge on any atom is 0.401 e. The number of halogens is 3. The van der Waals surface area contributed by atoms with Crippen LogP contribution in [0.2, 0.25) is 0 Å². The van der Waals surface area contributed by atoms with Crippen LogP contribution in [0.25, 0.3) is 0 Å². The van der Waals surface area contributed by atoms with Crippen molar-refractivity contribution in [2.45, 2.75) is 12.2 Å². The van der Waals surface area contributed by atoms with Crippen molar-refractivity contribution in [2.24, 2.45) is 0 Å². The maximum atomic E-state index is 12.0. The van der Waals surface area contributed by atoms with E-state index in [9.17, 15) is 18.0 Å². The normalized spacial score (nSPS) is 24.9. The number of carboxylic acids is 1. The van der Waals surface area contributed by atoms with Crippen LogP contribution in [0, 0.1) is 0 Å². The van der Waals surface area contributed by atoms with E-state index in [0.717, 1.165) is 4.90 Å². The quantitative estimate of drug-likeness (QED) is 0.718. The molecule has 0 radical (unpaired) electrons. The number of hydrogen-bond acceptors (Lipinski definition) is 3. The summed E-state index contributed by atoms with van der Waals surface area (Å²) in [6.07, 6.45) is -4.37. The summed E-state index contributed by atoms with van der Waals surface area (Å²) in [6, 6.07) is -1.19. The van der Waals surface area contributed by atoms with Gasteiger partial charge in [0, 0.05) is 6.54 Å². The SMILES string of the molecule is O=C(O)[C@H]1COCCN1CC(F)(F)F. The van der Waals surface area contributed by atoms with Gasteiger partial charge in [-0.2, -0.15) is 13.2 Å². The van der Waals surface area contributed by atoms with Crippen molar-refractivity contribution < 1.29 is 27.8 Å². The highest BCUT2D eigenvalue weighted by Gasteiger charge is 2.37. The molecule has 0 aromatic heterocycles. The van der Waals surface area contributed by atoms with Crippen LogP contribution in [0.5, 0.6) is 0 Å². The van der Waals surface area contributed by atoms with E-state index in [4.69, 9.17) is 9.84 Å². The van der Waals surface area contributed by atoms with E-state index in [1.807, 2.05) is 0 Å². The molecule has 0 aliphatic carbocycles. The molecule has 1 fully saturated rings. The Bertz CT molecular complexity index is 219. The second kappa shape index (κ2) is 4.14. The first-order chi connectivity index (χ1) is 6.40. The van der Waals surface area contributed by atoms with Crippen LogP contribution in [-0.4, -0.2) is 54.5 Å². The third-order valence-electron chi connectivity index (χ3n) is 1.91. The Morgan fingerprint density at radius 2 is 2.21 bits per heavy atom. The second-order valence-electron chi connectivity index (χ2n) is 3.01. The summed E-state index contributed by atoms with van der Waals surface area (Å²) >= 11 is 0. The van der Waals surface area contributed by atoms with Gasteiger partial charge >= 0.3 is 12.1 Å². The highest BCUT2D eigenvalue weighted by Crippen LogP contribution is 2.19. The fourth-order valence-corrected chi connectivity index (χ4v) is 1.29. The average molecular weight is 213 g/mol. The van der Waals surface area contributed by atoms with Gasteiger partial charge in [-0.05, 0) is 0 Å². The van der Waals surface area contributed by atoms with Gasteiger partial charge in [-0.1, -0.05) is 0 Å². The zero-order valence-electron chi connectivity index (χ0n) is 7.25. The van der Waals surface area contributed by atoms with Gasteiger partial charge in [0.2, 0.25) is 0 Å². The summed E-state index contributed by atoms with van der Waals surface area (Å²) in [7, 11) is 0. The fraction of sp³-hybridized carbons (Fsp3) is 0.857. The topological polar surface area (TPSA) is 49.8 Å². The van der Waals surface area contributed by atoms with Crippen molar-refractivity contribution in [3.63, 3.8) is 0 Å². The van der Waals surface area contributed by atoms with Crippen molar-refractivity contribution in [2.75, 3.05) is 26.3 Å². The zero-order valence-corrected chi connectivity index (χ0v) is 7.25. The van der Waals surface area contributed by atoms with Gasteiger partial charge < -0.3 is 9.84 Å². The molecule has 0 unspecified atom stereocenters. The average Bonchev–Trinajstić information content (AvgIpc) is 2.01. The number of rotatable bonds is 2. The molecule has 7 heteroatoms. The van der Waals surface area contributed by atoms with Crippen LogP contribution < -0.4 is 0 Å². The largest absolute Gasteiger partial charge is 0.480 e. The minimum Gasteiger partial charge on any atom is -0.480 e. The van der Waals surface area contributed by atoms with E-state index in [2.05, 4.69) is 0 Å². The number of alkyl halides is 3. The molecule has 1 atom stereocenters. The third kappa shape index (κ3) is 3.15. The van der Waals surface area contributed by atoms with E-state index in [1.165, 1.54) is 0 Å². The third-order valence-corrected chi connectivity index (χ3v) is 1.91. The summed E-state index contributed by atoms with van der Waals surface area (Å²) in [4.78, 5) is 11.4. The van der Waals surface area contributed by atoms with Crippen molar-refractivity contribution in [3.05, 3.63) is 0 Å². The van der Waals surface area contributed by atoms with E-state index in [0.29, 0.717) is 0 Å². The number of hydrogen-bond donors (Lipinski definition) is 1. The maximum absolute atomic E-state index is 12.0. The summed E-state index contributed by atoms with van der Waals surface area (Å²) in [5.41, 5.74) is 0. The van der Waals surface area contributed by atoms with Crippen LogP contribution in [0.15, 0.2) is 0 Å².